The summed E-state index contributed by atoms with van der Waals surface area (Å²) in [5.41, 5.74) is -0.570. The molecule has 1 amide bonds. The molecule has 0 radical (unpaired) electrons. The molecule has 0 aliphatic heterocycles. The molecule has 0 fully saturated rings. The Bertz CT molecular complexity index is 1390. The highest BCUT2D eigenvalue weighted by atomic mass is 32.1. The zero-order chi connectivity index (χ0) is 29.6. The molecule has 1 unspecified atom stereocenters. The minimum atomic E-state index is -1.32. The monoisotopic (exact) mass is 574 g/mol. The summed E-state index contributed by atoms with van der Waals surface area (Å²) >= 11 is 1.04. The van der Waals surface area contributed by atoms with Crippen molar-refractivity contribution in [3.63, 3.8) is 0 Å². The Hall–Kier alpha value is -3.50. The first kappa shape index (κ1) is 31.0. The number of thiazole rings is 1. The molecule has 1 atom stereocenters. The Kier molecular flexibility index (Phi) is 10.3. The van der Waals surface area contributed by atoms with E-state index in [1.165, 1.54) is 6.92 Å². The van der Waals surface area contributed by atoms with Gasteiger partial charge in [-0.2, -0.15) is 0 Å². The number of anilines is 1. The molecule has 3 aromatic rings. The fourth-order valence-corrected chi connectivity index (χ4v) is 4.77. The van der Waals surface area contributed by atoms with Crippen molar-refractivity contribution in [1.82, 2.24) is 4.98 Å². The number of aliphatic carboxylic acids is 1. The van der Waals surface area contributed by atoms with Crippen LogP contribution in [0, 0.1) is 22.9 Å². The zero-order valence-electron chi connectivity index (χ0n) is 23.1. The Balaban J connectivity index is 1.83. The minimum Gasteiger partial charge on any atom is -0.478 e. The van der Waals surface area contributed by atoms with E-state index in [0.29, 0.717) is 17.9 Å². The van der Waals surface area contributed by atoms with Gasteiger partial charge in [0.1, 0.15) is 17.5 Å². The highest BCUT2D eigenvalue weighted by Gasteiger charge is 2.30. The van der Waals surface area contributed by atoms with Gasteiger partial charge in [-0.1, -0.05) is 52.7 Å². The van der Waals surface area contributed by atoms with Crippen molar-refractivity contribution in [2.24, 2.45) is 5.41 Å². The van der Waals surface area contributed by atoms with Gasteiger partial charge in [0.2, 0.25) is 0 Å². The van der Waals surface area contributed by atoms with Gasteiger partial charge in [-0.3, -0.25) is 10.1 Å². The fourth-order valence-electron chi connectivity index (χ4n) is 4.07. The van der Waals surface area contributed by atoms with Crippen LogP contribution in [0.1, 0.15) is 81.5 Å². The van der Waals surface area contributed by atoms with Crippen LogP contribution in [0.2, 0.25) is 0 Å². The summed E-state index contributed by atoms with van der Waals surface area (Å²) in [7, 11) is 0. The molecule has 3 rings (SSSR count). The van der Waals surface area contributed by atoms with Gasteiger partial charge in [0, 0.05) is 39.8 Å². The molecular formula is C30H33F3N2O4S. The molecule has 0 aliphatic rings. The van der Waals surface area contributed by atoms with Crippen LogP contribution in [0.25, 0.3) is 17.3 Å². The first-order valence-electron chi connectivity index (χ1n) is 12.9. The quantitative estimate of drug-likeness (QED) is 0.178. The van der Waals surface area contributed by atoms with E-state index in [4.69, 9.17) is 9.84 Å². The highest BCUT2D eigenvalue weighted by Crippen LogP contribution is 2.40. The van der Waals surface area contributed by atoms with Crippen LogP contribution >= 0.6 is 11.3 Å². The molecule has 6 nitrogen and oxygen atoms in total. The number of nitrogens with zero attached hydrogens (tertiary/aromatic N) is 1. The maximum absolute atomic E-state index is 15.8. The van der Waals surface area contributed by atoms with E-state index in [2.05, 4.69) is 17.2 Å². The number of aromatic nitrogens is 1. The van der Waals surface area contributed by atoms with E-state index < -0.39 is 41.0 Å². The summed E-state index contributed by atoms with van der Waals surface area (Å²) in [5, 5.41) is 13.1. The number of hydrogen-bond donors (Lipinski definition) is 2. The van der Waals surface area contributed by atoms with Crippen LogP contribution in [0.4, 0.5) is 18.3 Å². The number of benzene rings is 2. The van der Waals surface area contributed by atoms with Crippen molar-refractivity contribution in [1.29, 1.82) is 0 Å². The molecule has 0 saturated carbocycles. The molecular weight excluding hydrogens is 541 g/mol. The van der Waals surface area contributed by atoms with E-state index >= 15 is 4.39 Å². The number of nitrogens with one attached hydrogen (secondary N) is 1. The second kappa shape index (κ2) is 13.2. The molecule has 0 aliphatic carbocycles. The van der Waals surface area contributed by atoms with Crippen molar-refractivity contribution in [2.45, 2.75) is 60.0 Å². The largest absolute Gasteiger partial charge is 0.478 e. The van der Waals surface area contributed by atoms with Gasteiger partial charge in [-0.15, -0.1) is 11.3 Å². The van der Waals surface area contributed by atoms with Crippen molar-refractivity contribution < 1.29 is 32.6 Å². The maximum Gasteiger partial charge on any atom is 0.331 e. The smallest absolute Gasteiger partial charge is 0.331 e. The van der Waals surface area contributed by atoms with Gasteiger partial charge in [-0.25, -0.2) is 22.9 Å². The van der Waals surface area contributed by atoms with Crippen molar-refractivity contribution in [3.8, 4) is 11.3 Å². The van der Waals surface area contributed by atoms with Crippen LogP contribution in [0.3, 0.4) is 0 Å². The summed E-state index contributed by atoms with van der Waals surface area (Å²) in [6.45, 7) is 9.78. The topological polar surface area (TPSA) is 88.5 Å². The predicted molar refractivity (Wildman–Crippen MR) is 151 cm³/mol. The molecule has 10 heteroatoms. The SMILES string of the molecule is CCCCCOC(c1cccc(-c2csc(NC(=O)c3cc(F)c(/C=C(\C)C(=O)O)c(F)c3)n2)c1F)C(C)(C)C. The zero-order valence-corrected chi connectivity index (χ0v) is 23.9. The van der Waals surface area contributed by atoms with E-state index in [0.717, 1.165) is 48.8 Å². The predicted octanol–water partition coefficient (Wildman–Crippen LogP) is 8.26. The second-order valence-corrected chi connectivity index (χ2v) is 11.4. The first-order valence-corrected chi connectivity index (χ1v) is 13.8. The number of unbranched alkanes of at least 4 members (excludes halogenated alkanes) is 2. The second-order valence-electron chi connectivity index (χ2n) is 10.5. The fraction of sp³-hybridized carbons (Fsp3) is 0.367. The summed E-state index contributed by atoms with van der Waals surface area (Å²) in [5.74, 6) is -4.79. The van der Waals surface area contributed by atoms with Crippen LogP contribution in [0.15, 0.2) is 41.3 Å². The van der Waals surface area contributed by atoms with Crippen LogP contribution in [-0.2, 0) is 9.53 Å². The summed E-state index contributed by atoms with van der Waals surface area (Å²) in [4.78, 5) is 28.0. The van der Waals surface area contributed by atoms with Crippen molar-refractivity contribution in [3.05, 3.63) is 75.4 Å². The molecule has 1 aromatic heterocycles. The summed E-state index contributed by atoms with van der Waals surface area (Å²) < 4.78 is 50.9. The Morgan fingerprint density at radius 1 is 1.15 bits per heavy atom. The summed E-state index contributed by atoms with van der Waals surface area (Å²) in [6.07, 6.45) is 3.33. The molecule has 2 N–H and O–H groups in total. The maximum atomic E-state index is 15.8. The molecule has 40 heavy (non-hydrogen) atoms. The van der Waals surface area contributed by atoms with Gasteiger partial charge in [0.25, 0.3) is 5.91 Å². The number of amides is 1. The standard InChI is InChI=1S/C30H33F3N2O4S/c1-6-7-8-12-39-26(30(3,4)5)20-11-9-10-19(25(20)33)24-16-40-29(34-24)35-27(36)18-14-22(31)21(23(32)15-18)13-17(2)28(37)38/h9-11,13-16,26H,6-8,12H2,1-5H3,(H,37,38)(H,34,35,36)/b17-13+. The number of carbonyl (C=O) groups excluding carboxylic acids is 1. The lowest BCUT2D eigenvalue weighted by Crippen LogP contribution is -2.23. The number of rotatable bonds is 11. The van der Waals surface area contributed by atoms with Gasteiger partial charge < -0.3 is 9.84 Å². The van der Waals surface area contributed by atoms with Gasteiger partial charge in [0.15, 0.2) is 5.13 Å². The average molecular weight is 575 g/mol. The Morgan fingerprint density at radius 3 is 2.42 bits per heavy atom. The number of halogens is 3. The Morgan fingerprint density at radius 2 is 1.82 bits per heavy atom. The molecule has 2 aromatic carbocycles. The number of hydrogen-bond acceptors (Lipinski definition) is 5. The number of ether oxygens (including phenoxy) is 1. The number of carboxylic acid groups (broad SMARTS) is 1. The Labute approximate surface area is 235 Å². The third kappa shape index (κ3) is 7.57. The summed E-state index contributed by atoms with van der Waals surface area (Å²) in [6, 6.07) is 6.64. The lowest BCUT2D eigenvalue weighted by molar-refractivity contribution is -0.132. The third-order valence-electron chi connectivity index (χ3n) is 6.17. The van der Waals surface area contributed by atoms with Crippen LogP contribution in [-0.4, -0.2) is 28.6 Å². The van der Waals surface area contributed by atoms with E-state index in [9.17, 15) is 18.4 Å². The van der Waals surface area contributed by atoms with Crippen molar-refractivity contribution >= 4 is 34.4 Å². The minimum absolute atomic E-state index is 0.111. The highest BCUT2D eigenvalue weighted by molar-refractivity contribution is 7.14. The van der Waals surface area contributed by atoms with Gasteiger partial charge in [0.05, 0.1) is 11.8 Å². The third-order valence-corrected chi connectivity index (χ3v) is 6.93. The normalized spacial score (nSPS) is 12.8. The lowest BCUT2D eigenvalue weighted by atomic mass is 9.83. The van der Waals surface area contributed by atoms with Gasteiger partial charge >= 0.3 is 5.97 Å². The average Bonchev–Trinajstić information content (AvgIpc) is 3.33. The molecule has 0 saturated heterocycles. The van der Waals surface area contributed by atoms with Crippen LogP contribution in [0.5, 0.6) is 0 Å². The molecule has 1 heterocycles. The molecule has 0 bridgehead atoms. The number of carboxylic acids is 1. The van der Waals surface area contributed by atoms with Crippen LogP contribution < -0.4 is 5.32 Å². The molecule has 214 valence electrons. The molecule has 0 spiro atoms. The van der Waals surface area contributed by atoms with E-state index in [1.807, 2.05) is 20.8 Å². The first-order chi connectivity index (χ1) is 18.8. The number of carbonyl (C=O) groups is 2. The lowest BCUT2D eigenvalue weighted by Gasteiger charge is -2.31. The van der Waals surface area contributed by atoms with Gasteiger partial charge in [-0.05, 0) is 43.0 Å². The van der Waals surface area contributed by atoms with E-state index in [-0.39, 0.29) is 27.2 Å². The van der Waals surface area contributed by atoms with Crippen molar-refractivity contribution in [2.75, 3.05) is 11.9 Å². The van der Waals surface area contributed by atoms with E-state index in [1.54, 1.807) is 23.6 Å².